The molecule has 12 heavy (non-hydrogen) atoms. The summed E-state index contributed by atoms with van der Waals surface area (Å²) in [4.78, 5) is 10.5. The summed E-state index contributed by atoms with van der Waals surface area (Å²) in [5.74, 6) is -0.0978. The predicted octanol–water partition coefficient (Wildman–Crippen LogP) is 1.36. The minimum absolute atomic E-state index is 0.247. The first kappa shape index (κ1) is 11.5. The topological polar surface area (TPSA) is 35.5 Å². The zero-order valence-corrected chi connectivity index (χ0v) is 7.84. The van der Waals surface area contributed by atoms with Crippen molar-refractivity contribution in [3.05, 3.63) is 12.7 Å². The Hall–Kier alpha value is -0.540. The maximum Gasteiger partial charge on any atom is 0.303 e. The first-order valence-corrected chi connectivity index (χ1v) is 4.16. The Bertz CT molecular complexity index is 147. The van der Waals surface area contributed by atoms with Gasteiger partial charge in [0, 0.05) is 6.92 Å². The first-order chi connectivity index (χ1) is 5.70. The van der Waals surface area contributed by atoms with Crippen molar-refractivity contribution < 1.29 is 14.3 Å². The molecular weight excluding hydrogens is 180 g/mol. The maximum absolute atomic E-state index is 10.5. The van der Waals surface area contributed by atoms with Gasteiger partial charge in [-0.25, -0.2) is 0 Å². The number of esters is 1. The molecule has 0 aromatic carbocycles. The number of halogens is 1. The van der Waals surface area contributed by atoms with Gasteiger partial charge in [-0.15, -0.1) is 18.2 Å². The number of hydrogen-bond acceptors (Lipinski definition) is 3. The molecule has 0 spiro atoms. The van der Waals surface area contributed by atoms with E-state index in [1.165, 1.54) is 6.92 Å². The van der Waals surface area contributed by atoms with Crippen molar-refractivity contribution in [3.8, 4) is 0 Å². The van der Waals surface area contributed by atoms with E-state index in [9.17, 15) is 4.79 Å². The molecule has 0 fully saturated rings. The molecule has 0 unspecified atom stereocenters. The Kier molecular flexibility index (Phi) is 6.81. The van der Waals surface area contributed by atoms with Gasteiger partial charge in [0.2, 0.25) is 0 Å². The summed E-state index contributed by atoms with van der Waals surface area (Å²) >= 11 is 5.51. The highest BCUT2D eigenvalue weighted by Crippen LogP contribution is 1.97. The molecule has 0 N–H and O–H groups in total. The van der Waals surface area contributed by atoms with E-state index in [1.54, 1.807) is 6.08 Å². The number of carbonyl (C=O) groups excluding carboxylic acids is 1. The third-order valence-corrected chi connectivity index (χ3v) is 1.39. The summed E-state index contributed by atoms with van der Waals surface area (Å²) in [5, 5.41) is 0. The van der Waals surface area contributed by atoms with Gasteiger partial charge in [0.25, 0.3) is 0 Å². The van der Waals surface area contributed by atoms with E-state index in [4.69, 9.17) is 21.1 Å². The normalized spacial score (nSPS) is 12.2. The maximum atomic E-state index is 10.5. The van der Waals surface area contributed by atoms with E-state index in [2.05, 4.69) is 6.58 Å². The summed E-state index contributed by atoms with van der Waals surface area (Å²) in [7, 11) is 0. The molecule has 0 aliphatic carbocycles. The van der Waals surface area contributed by atoms with Crippen LogP contribution >= 0.6 is 11.6 Å². The molecule has 0 radical (unpaired) electrons. The monoisotopic (exact) mass is 192 g/mol. The Labute approximate surface area is 77.3 Å². The second-order valence-corrected chi connectivity index (χ2v) is 2.52. The standard InChI is InChI=1S/C8H13ClO3/c1-3-4-11-6-8(5-9)12-7(2)10/h3,8H,1,4-6H2,2H3/t8-/m1/s1. The largest absolute Gasteiger partial charge is 0.459 e. The molecule has 0 heterocycles. The van der Waals surface area contributed by atoms with E-state index in [0.29, 0.717) is 13.2 Å². The minimum atomic E-state index is -0.357. The lowest BCUT2D eigenvalue weighted by molar-refractivity contribution is -0.147. The highest BCUT2D eigenvalue weighted by atomic mass is 35.5. The molecule has 0 bridgehead atoms. The predicted molar refractivity (Wildman–Crippen MR) is 47.3 cm³/mol. The molecule has 0 saturated heterocycles. The molecule has 0 aliphatic rings. The van der Waals surface area contributed by atoms with Gasteiger partial charge in [0.15, 0.2) is 0 Å². The van der Waals surface area contributed by atoms with Crippen molar-refractivity contribution in [1.82, 2.24) is 0 Å². The van der Waals surface area contributed by atoms with Crippen molar-refractivity contribution in [2.45, 2.75) is 13.0 Å². The fourth-order valence-corrected chi connectivity index (χ4v) is 0.780. The molecule has 0 aliphatic heterocycles. The fourth-order valence-electron chi connectivity index (χ4n) is 0.628. The van der Waals surface area contributed by atoms with Gasteiger partial charge in [0.05, 0.1) is 19.1 Å². The van der Waals surface area contributed by atoms with Crippen molar-refractivity contribution >= 4 is 17.6 Å². The van der Waals surface area contributed by atoms with Crippen LogP contribution in [0.3, 0.4) is 0 Å². The quantitative estimate of drug-likeness (QED) is 0.276. The lowest BCUT2D eigenvalue weighted by atomic mass is 10.4. The van der Waals surface area contributed by atoms with Crippen LogP contribution in [-0.2, 0) is 14.3 Å². The number of rotatable bonds is 6. The molecule has 70 valence electrons. The third-order valence-electron chi connectivity index (χ3n) is 1.04. The summed E-state index contributed by atoms with van der Waals surface area (Å²) in [6.07, 6.45) is 1.27. The molecule has 1 atom stereocenters. The average molecular weight is 193 g/mol. The minimum Gasteiger partial charge on any atom is -0.459 e. The van der Waals surface area contributed by atoms with E-state index < -0.39 is 0 Å². The van der Waals surface area contributed by atoms with Gasteiger partial charge in [0.1, 0.15) is 6.10 Å². The molecule has 0 aromatic rings. The van der Waals surface area contributed by atoms with Crippen LogP contribution in [0.5, 0.6) is 0 Å². The Morgan fingerprint density at radius 1 is 1.75 bits per heavy atom. The molecule has 0 saturated carbocycles. The van der Waals surface area contributed by atoms with Gasteiger partial charge in [-0.3, -0.25) is 4.79 Å². The van der Waals surface area contributed by atoms with Crippen LogP contribution in [0.2, 0.25) is 0 Å². The van der Waals surface area contributed by atoms with Crippen molar-refractivity contribution in [2.75, 3.05) is 19.1 Å². The first-order valence-electron chi connectivity index (χ1n) is 3.62. The number of carbonyl (C=O) groups is 1. The zero-order chi connectivity index (χ0) is 9.40. The van der Waals surface area contributed by atoms with E-state index in [1.807, 2.05) is 0 Å². The Morgan fingerprint density at radius 3 is 2.83 bits per heavy atom. The number of hydrogen-bond donors (Lipinski definition) is 0. The summed E-state index contributed by atoms with van der Waals surface area (Å²) in [5.41, 5.74) is 0. The number of ether oxygens (including phenoxy) is 2. The van der Waals surface area contributed by atoms with Gasteiger partial charge >= 0.3 is 5.97 Å². The zero-order valence-electron chi connectivity index (χ0n) is 7.09. The van der Waals surface area contributed by atoms with E-state index in [0.717, 1.165) is 0 Å². The van der Waals surface area contributed by atoms with Crippen LogP contribution < -0.4 is 0 Å². The lowest BCUT2D eigenvalue weighted by Gasteiger charge is -2.13. The van der Waals surface area contributed by atoms with Gasteiger partial charge in [-0.05, 0) is 0 Å². The van der Waals surface area contributed by atoms with Crippen LogP contribution in [0.15, 0.2) is 12.7 Å². The van der Waals surface area contributed by atoms with Gasteiger partial charge in [-0.1, -0.05) is 6.08 Å². The van der Waals surface area contributed by atoms with Crippen LogP contribution in [0, 0.1) is 0 Å². The summed E-state index contributed by atoms with van der Waals surface area (Å²) < 4.78 is 9.87. The number of alkyl halides is 1. The van der Waals surface area contributed by atoms with Crippen LogP contribution in [0.4, 0.5) is 0 Å². The van der Waals surface area contributed by atoms with Crippen molar-refractivity contribution in [3.63, 3.8) is 0 Å². The van der Waals surface area contributed by atoms with E-state index >= 15 is 0 Å². The average Bonchev–Trinajstić information content (AvgIpc) is 2.02. The van der Waals surface area contributed by atoms with E-state index in [-0.39, 0.29) is 18.0 Å². The highest BCUT2D eigenvalue weighted by molar-refractivity contribution is 6.18. The third kappa shape index (κ3) is 6.19. The molecule has 0 amide bonds. The highest BCUT2D eigenvalue weighted by Gasteiger charge is 2.09. The molecule has 3 nitrogen and oxygen atoms in total. The molecule has 0 rings (SSSR count). The van der Waals surface area contributed by atoms with Crippen LogP contribution in [0.25, 0.3) is 0 Å². The molecule has 0 aromatic heterocycles. The molecule has 4 heteroatoms. The second kappa shape index (κ2) is 7.13. The SMILES string of the molecule is C=CCOC[C@@H](CCl)OC(C)=O. The summed E-state index contributed by atoms with van der Waals surface area (Å²) in [6, 6.07) is 0. The molecular formula is C8H13ClO3. The Balaban J connectivity index is 3.52. The van der Waals surface area contributed by atoms with Crippen molar-refractivity contribution in [2.24, 2.45) is 0 Å². The van der Waals surface area contributed by atoms with Gasteiger partial charge in [-0.2, -0.15) is 0 Å². The van der Waals surface area contributed by atoms with Crippen LogP contribution in [0.1, 0.15) is 6.92 Å². The Morgan fingerprint density at radius 2 is 2.42 bits per heavy atom. The fraction of sp³-hybridized carbons (Fsp3) is 0.625. The van der Waals surface area contributed by atoms with Crippen LogP contribution in [-0.4, -0.2) is 31.2 Å². The summed E-state index contributed by atoms with van der Waals surface area (Å²) in [6.45, 7) is 5.57. The second-order valence-electron chi connectivity index (χ2n) is 2.21. The lowest BCUT2D eigenvalue weighted by Crippen LogP contribution is -2.24. The van der Waals surface area contributed by atoms with Gasteiger partial charge < -0.3 is 9.47 Å². The smallest absolute Gasteiger partial charge is 0.303 e. The van der Waals surface area contributed by atoms with Crippen molar-refractivity contribution in [1.29, 1.82) is 0 Å².